The first-order chi connectivity index (χ1) is 13.5. The van der Waals surface area contributed by atoms with Gasteiger partial charge in [-0.05, 0) is 58.6 Å². The molecule has 3 N–H and O–H groups in total. The lowest BCUT2D eigenvalue weighted by molar-refractivity contribution is -0.131. The van der Waals surface area contributed by atoms with Crippen LogP contribution in [0, 0.1) is 13.8 Å². The van der Waals surface area contributed by atoms with E-state index in [2.05, 4.69) is 15.4 Å². The number of benzene rings is 1. The minimum atomic E-state index is -0.0661. The Morgan fingerprint density at radius 2 is 1.57 bits per heavy atom. The molecule has 5 nitrogen and oxygen atoms in total. The third-order valence-electron chi connectivity index (χ3n) is 4.18. The first-order valence-corrected chi connectivity index (χ1v) is 10.3. The minimum absolute atomic E-state index is 0.0661. The van der Waals surface area contributed by atoms with Crippen molar-refractivity contribution in [2.75, 3.05) is 25.1 Å². The molecule has 0 saturated carbocycles. The largest absolute Gasteiger partial charge is 0.427 e. The van der Waals surface area contributed by atoms with Gasteiger partial charge in [0.2, 0.25) is 12.5 Å². The lowest BCUT2D eigenvalue weighted by Gasteiger charge is -2.10. The zero-order chi connectivity index (χ0) is 21.2. The zero-order valence-electron chi connectivity index (χ0n) is 18.3. The van der Waals surface area contributed by atoms with Crippen LogP contribution in [0.15, 0.2) is 30.4 Å². The Morgan fingerprint density at radius 1 is 0.964 bits per heavy atom. The normalized spacial score (nSPS) is 10.3. The van der Waals surface area contributed by atoms with Gasteiger partial charge in [-0.3, -0.25) is 9.59 Å². The van der Waals surface area contributed by atoms with Gasteiger partial charge in [0.05, 0.1) is 0 Å². The van der Waals surface area contributed by atoms with E-state index in [1.54, 1.807) is 0 Å². The van der Waals surface area contributed by atoms with Crippen molar-refractivity contribution < 1.29 is 14.3 Å². The van der Waals surface area contributed by atoms with Gasteiger partial charge in [0.25, 0.3) is 0 Å². The molecule has 0 aliphatic rings. The van der Waals surface area contributed by atoms with E-state index in [0.29, 0.717) is 19.6 Å². The molecule has 0 aromatic heterocycles. The average molecular weight is 392 g/mol. The lowest BCUT2D eigenvalue weighted by atomic mass is 10.1. The van der Waals surface area contributed by atoms with Crippen LogP contribution >= 0.6 is 0 Å². The third-order valence-corrected chi connectivity index (χ3v) is 4.18. The summed E-state index contributed by atoms with van der Waals surface area (Å²) in [5.41, 5.74) is 3.02. The van der Waals surface area contributed by atoms with Crippen molar-refractivity contribution in [1.82, 2.24) is 5.32 Å². The summed E-state index contributed by atoms with van der Waals surface area (Å²) >= 11 is 0. The number of amides is 2. The number of aliphatic hydroxyl groups is 2. The number of carbonyl (C=O) groups excluding carboxylic acids is 2. The highest BCUT2D eigenvalue weighted by molar-refractivity contribution is 5.93. The summed E-state index contributed by atoms with van der Waals surface area (Å²) in [6, 6.07) is 5.96. The number of ether oxygens (including phenoxy) is 1. The number of nitrogens with one attached hydrogen (secondary N) is 2. The molecule has 0 spiro atoms. The van der Waals surface area contributed by atoms with Gasteiger partial charge in [0.15, 0.2) is 0 Å². The van der Waals surface area contributed by atoms with Crippen LogP contribution in [0.1, 0.15) is 64.0 Å². The molecule has 5 heteroatoms. The number of rotatable bonds is 11. The maximum absolute atomic E-state index is 11.9. The lowest BCUT2D eigenvalue weighted by Crippen LogP contribution is -2.22. The number of unbranched alkanes of at least 4 members (excludes halogenated alkanes) is 3. The topological polar surface area (TPSA) is 71.0 Å². The summed E-state index contributed by atoms with van der Waals surface area (Å²) in [6.45, 7) is 11.5. The van der Waals surface area contributed by atoms with E-state index in [-0.39, 0.29) is 18.4 Å². The zero-order valence-corrected chi connectivity index (χ0v) is 18.3. The SMILES string of the molecule is C/C=C\C.CCNC(=O)CCCCCC[OH+]CC(=O)Nc1c(C)cccc1C. The molecule has 0 fully saturated rings. The van der Waals surface area contributed by atoms with Crippen LogP contribution in [0.5, 0.6) is 0 Å². The second kappa shape index (κ2) is 17.0. The summed E-state index contributed by atoms with van der Waals surface area (Å²) in [6.07, 6.45) is 8.55. The van der Waals surface area contributed by atoms with Gasteiger partial charge in [0.1, 0.15) is 6.61 Å². The molecule has 0 aliphatic carbocycles. The smallest absolute Gasteiger partial charge is 0.300 e. The molecule has 1 aromatic rings. The van der Waals surface area contributed by atoms with Gasteiger partial charge >= 0.3 is 5.91 Å². The van der Waals surface area contributed by atoms with Crippen molar-refractivity contribution in [3.8, 4) is 0 Å². The number of carbonyl (C=O) groups is 2. The summed E-state index contributed by atoms with van der Waals surface area (Å²) < 4.78 is 4.30. The van der Waals surface area contributed by atoms with E-state index in [4.69, 9.17) is 0 Å². The van der Waals surface area contributed by atoms with Crippen molar-refractivity contribution in [1.29, 1.82) is 0 Å². The van der Waals surface area contributed by atoms with E-state index in [0.717, 1.165) is 42.5 Å². The number of para-hydroxylation sites is 1. The average Bonchev–Trinajstić information content (AvgIpc) is 2.67. The molecule has 1 aromatic carbocycles. The highest BCUT2D eigenvalue weighted by Gasteiger charge is 2.09. The fraction of sp³-hybridized carbons (Fsp3) is 0.565. The van der Waals surface area contributed by atoms with Gasteiger partial charge in [-0.25, -0.2) is 0 Å². The standard InChI is InChI=1S/C19H30N2O3.C4H8/c1-4-20-17(22)12-7-5-6-8-13-24-14-18(23)21-19-15(2)10-9-11-16(19)3;1-3-4-2/h9-11H,4-8,12-14H2,1-3H3,(H,20,22)(H,21,23);3-4H,1-2H3/p+1/b;4-3-. The Labute approximate surface area is 170 Å². The number of hydrogen-bond acceptors (Lipinski definition) is 2. The molecule has 0 saturated heterocycles. The Balaban J connectivity index is 0.00000165. The monoisotopic (exact) mass is 391 g/mol. The summed E-state index contributed by atoms with van der Waals surface area (Å²) in [5.74, 6) is 0.0639. The summed E-state index contributed by atoms with van der Waals surface area (Å²) in [4.78, 5) is 23.2. The van der Waals surface area contributed by atoms with Crippen LogP contribution in [0.2, 0.25) is 0 Å². The van der Waals surface area contributed by atoms with Crippen molar-refractivity contribution >= 4 is 17.5 Å². The molecule has 0 heterocycles. The number of anilines is 1. The van der Waals surface area contributed by atoms with Gasteiger partial charge in [-0.15, -0.1) is 0 Å². The Bertz CT molecular complexity index is 573. The molecule has 28 heavy (non-hydrogen) atoms. The minimum Gasteiger partial charge on any atom is -0.427 e. The first kappa shape index (κ1) is 25.9. The van der Waals surface area contributed by atoms with E-state index in [1.807, 2.05) is 65.0 Å². The second-order valence-corrected chi connectivity index (χ2v) is 6.70. The van der Waals surface area contributed by atoms with Gasteiger partial charge < -0.3 is 15.4 Å². The third kappa shape index (κ3) is 13.1. The van der Waals surface area contributed by atoms with E-state index in [1.165, 1.54) is 0 Å². The molecule has 0 unspecified atom stereocenters. The van der Waals surface area contributed by atoms with Crippen LogP contribution in [-0.2, 0) is 9.59 Å². The van der Waals surface area contributed by atoms with E-state index >= 15 is 0 Å². The molecule has 158 valence electrons. The summed E-state index contributed by atoms with van der Waals surface area (Å²) in [5, 5.41) is 5.73. The Hall–Kier alpha value is -2.14. The van der Waals surface area contributed by atoms with Crippen LogP contribution in [0.25, 0.3) is 0 Å². The molecular weight excluding hydrogens is 352 g/mol. The number of aryl methyl sites for hydroxylation is 2. The predicted octanol–water partition coefficient (Wildman–Crippen LogP) is 4.44. The molecule has 2 amide bonds. The summed E-state index contributed by atoms with van der Waals surface area (Å²) in [7, 11) is 0. The fourth-order valence-corrected chi connectivity index (χ4v) is 2.52. The van der Waals surface area contributed by atoms with Crippen LogP contribution < -0.4 is 10.6 Å². The maximum atomic E-state index is 11.9. The van der Waals surface area contributed by atoms with Crippen molar-refractivity contribution in [2.45, 2.75) is 66.7 Å². The van der Waals surface area contributed by atoms with Crippen molar-refractivity contribution in [2.24, 2.45) is 0 Å². The fourth-order valence-electron chi connectivity index (χ4n) is 2.52. The van der Waals surface area contributed by atoms with Gasteiger partial charge in [-0.1, -0.05) is 36.8 Å². The van der Waals surface area contributed by atoms with Gasteiger partial charge in [-0.2, -0.15) is 0 Å². The molecule has 0 bridgehead atoms. The molecule has 0 aliphatic heterocycles. The highest BCUT2D eigenvalue weighted by Crippen LogP contribution is 2.19. The Kier molecular flexibility index (Phi) is 15.7. The number of hydrogen-bond donors (Lipinski definition) is 2. The van der Waals surface area contributed by atoms with Gasteiger partial charge in [0, 0.05) is 25.1 Å². The molecule has 0 radical (unpaired) electrons. The maximum Gasteiger partial charge on any atom is 0.300 e. The van der Waals surface area contributed by atoms with Crippen LogP contribution in [0.4, 0.5) is 5.69 Å². The molecular formula is C23H39N2O3+. The van der Waals surface area contributed by atoms with E-state index < -0.39 is 0 Å². The molecule has 0 atom stereocenters. The highest BCUT2D eigenvalue weighted by atomic mass is 16.5. The predicted molar refractivity (Wildman–Crippen MR) is 119 cm³/mol. The van der Waals surface area contributed by atoms with E-state index in [9.17, 15) is 9.59 Å². The van der Waals surface area contributed by atoms with Crippen molar-refractivity contribution in [3.05, 3.63) is 41.5 Å². The molecule has 1 rings (SSSR count). The second-order valence-electron chi connectivity index (χ2n) is 6.70. The quantitative estimate of drug-likeness (QED) is 0.333. The number of allylic oxidation sites excluding steroid dienone is 2. The first-order valence-electron chi connectivity index (χ1n) is 10.3. The van der Waals surface area contributed by atoms with Crippen LogP contribution in [0.3, 0.4) is 0 Å². The van der Waals surface area contributed by atoms with Crippen molar-refractivity contribution in [3.63, 3.8) is 0 Å². The van der Waals surface area contributed by atoms with Crippen LogP contribution in [-0.4, -0.2) is 36.3 Å². The Morgan fingerprint density at radius 3 is 2.14 bits per heavy atom.